The van der Waals surface area contributed by atoms with Crippen molar-refractivity contribution in [3.05, 3.63) is 12.7 Å². The SMILES string of the molecule is CN(C)c1ncnc2c1ncn2CC(O)CN.Cl. The molecule has 0 aliphatic carbocycles. The highest BCUT2D eigenvalue weighted by molar-refractivity contribution is 5.85. The van der Waals surface area contributed by atoms with Gasteiger partial charge >= 0.3 is 0 Å². The average Bonchev–Trinajstić information content (AvgIpc) is 2.72. The van der Waals surface area contributed by atoms with Crippen LogP contribution in [0.4, 0.5) is 5.82 Å². The van der Waals surface area contributed by atoms with E-state index in [2.05, 4.69) is 15.0 Å². The molecular weight excluding hydrogens is 256 g/mol. The molecule has 0 fully saturated rings. The largest absolute Gasteiger partial charge is 0.390 e. The number of nitrogens with two attached hydrogens (primary N) is 1. The van der Waals surface area contributed by atoms with Gasteiger partial charge in [-0.05, 0) is 0 Å². The van der Waals surface area contributed by atoms with Crippen LogP contribution in [0.1, 0.15) is 0 Å². The van der Waals surface area contributed by atoms with E-state index in [-0.39, 0.29) is 19.0 Å². The fourth-order valence-corrected chi connectivity index (χ4v) is 1.63. The summed E-state index contributed by atoms with van der Waals surface area (Å²) in [5.74, 6) is 0.760. The van der Waals surface area contributed by atoms with E-state index in [1.165, 1.54) is 6.33 Å². The van der Waals surface area contributed by atoms with E-state index in [1.807, 2.05) is 19.0 Å². The number of anilines is 1. The fourth-order valence-electron chi connectivity index (χ4n) is 1.63. The normalized spacial score (nSPS) is 12.2. The molecule has 2 rings (SSSR count). The highest BCUT2D eigenvalue weighted by Crippen LogP contribution is 2.19. The lowest BCUT2D eigenvalue weighted by Crippen LogP contribution is -2.25. The lowest BCUT2D eigenvalue weighted by atomic mass is 10.3. The summed E-state index contributed by atoms with van der Waals surface area (Å²) in [6.45, 7) is 0.599. The highest BCUT2D eigenvalue weighted by atomic mass is 35.5. The molecule has 0 aliphatic heterocycles. The van der Waals surface area contributed by atoms with Gasteiger partial charge in [-0.2, -0.15) is 0 Å². The van der Waals surface area contributed by atoms with E-state index in [4.69, 9.17) is 5.73 Å². The van der Waals surface area contributed by atoms with Crippen LogP contribution in [0, 0.1) is 0 Å². The summed E-state index contributed by atoms with van der Waals surface area (Å²) in [5.41, 5.74) is 6.81. The molecule has 0 saturated carbocycles. The summed E-state index contributed by atoms with van der Waals surface area (Å²) in [6.07, 6.45) is 2.54. The summed E-state index contributed by atoms with van der Waals surface area (Å²) < 4.78 is 1.78. The molecule has 0 spiro atoms. The van der Waals surface area contributed by atoms with Crippen molar-refractivity contribution in [2.45, 2.75) is 12.6 Å². The number of aromatic nitrogens is 4. The number of hydrogen-bond donors (Lipinski definition) is 2. The molecule has 2 aromatic rings. The van der Waals surface area contributed by atoms with E-state index in [0.717, 1.165) is 11.3 Å². The van der Waals surface area contributed by atoms with Gasteiger partial charge in [0.2, 0.25) is 0 Å². The zero-order chi connectivity index (χ0) is 12.4. The summed E-state index contributed by atoms with van der Waals surface area (Å²) in [5, 5.41) is 9.54. The van der Waals surface area contributed by atoms with Crippen LogP contribution < -0.4 is 10.6 Å². The fraction of sp³-hybridized carbons (Fsp3) is 0.500. The van der Waals surface area contributed by atoms with Gasteiger partial charge in [-0.1, -0.05) is 0 Å². The number of rotatable bonds is 4. The second-order valence-electron chi connectivity index (χ2n) is 4.05. The van der Waals surface area contributed by atoms with Gasteiger partial charge in [0.15, 0.2) is 17.0 Å². The summed E-state index contributed by atoms with van der Waals surface area (Å²) >= 11 is 0. The molecule has 2 aromatic heterocycles. The monoisotopic (exact) mass is 272 g/mol. The minimum atomic E-state index is -0.592. The third-order valence-electron chi connectivity index (χ3n) is 2.49. The van der Waals surface area contributed by atoms with Gasteiger partial charge < -0.3 is 20.3 Å². The van der Waals surface area contributed by atoms with Gasteiger partial charge in [-0.3, -0.25) is 0 Å². The number of fused-ring (bicyclic) bond motifs is 1. The average molecular weight is 273 g/mol. The minimum Gasteiger partial charge on any atom is -0.390 e. The van der Waals surface area contributed by atoms with Crippen molar-refractivity contribution in [3.8, 4) is 0 Å². The van der Waals surface area contributed by atoms with Crippen LogP contribution in [0.5, 0.6) is 0 Å². The quantitative estimate of drug-likeness (QED) is 0.789. The molecule has 0 radical (unpaired) electrons. The van der Waals surface area contributed by atoms with Gasteiger partial charge in [0.05, 0.1) is 19.0 Å². The first-order chi connectivity index (χ1) is 8.13. The van der Waals surface area contributed by atoms with Crippen molar-refractivity contribution in [1.29, 1.82) is 0 Å². The van der Waals surface area contributed by atoms with Crippen molar-refractivity contribution < 1.29 is 5.11 Å². The summed E-state index contributed by atoms with van der Waals surface area (Å²) in [7, 11) is 3.80. The first-order valence-electron chi connectivity index (χ1n) is 5.34. The third-order valence-corrected chi connectivity index (χ3v) is 2.49. The number of nitrogens with zero attached hydrogens (tertiary/aromatic N) is 5. The maximum absolute atomic E-state index is 9.54. The van der Waals surface area contributed by atoms with E-state index in [1.54, 1.807) is 10.9 Å². The summed E-state index contributed by atoms with van der Waals surface area (Å²) in [6, 6.07) is 0. The molecule has 1 unspecified atom stereocenters. The van der Waals surface area contributed by atoms with Crippen LogP contribution in [0.2, 0.25) is 0 Å². The van der Waals surface area contributed by atoms with E-state index in [0.29, 0.717) is 12.2 Å². The number of halogens is 1. The maximum atomic E-state index is 9.54. The molecule has 2 heterocycles. The predicted molar refractivity (Wildman–Crippen MR) is 72.0 cm³/mol. The van der Waals surface area contributed by atoms with E-state index in [9.17, 15) is 5.11 Å². The van der Waals surface area contributed by atoms with E-state index >= 15 is 0 Å². The van der Waals surface area contributed by atoms with Crippen LogP contribution in [-0.4, -0.2) is 51.4 Å². The molecule has 0 saturated heterocycles. The van der Waals surface area contributed by atoms with Gasteiger partial charge in [0.25, 0.3) is 0 Å². The van der Waals surface area contributed by atoms with Crippen molar-refractivity contribution in [2.24, 2.45) is 5.73 Å². The number of aliphatic hydroxyl groups is 1. The molecular formula is C10H17ClN6O. The number of aliphatic hydroxyl groups excluding tert-OH is 1. The standard InChI is InChI=1S/C10H16N6O.ClH/c1-15(2)9-8-10(13-5-12-9)16(6-14-8)4-7(17)3-11;/h5-7,17H,3-4,11H2,1-2H3;1H. The zero-order valence-electron chi connectivity index (χ0n) is 10.3. The molecule has 3 N–H and O–H groups in total. The first kappa shape index (κ1) is 14.6. The van der Waals surface area contributed by atoms with Crippen molar-refractivity contribution in [2.75, 3.05) is 25.5 Å². The van der Waals surface area contributed by atoms with Crippen molar-refractivity contribution in [3.63, 3.8) is 0 Å². The van der Waals surface area contributed by atoms with Crippen LogP contribution >= 0.6 is 12.4 Å². The second kappa shape index (κ2) is 5.94. The Labute approximate surface area is 111 Å². The Morgan fingerprint density at radius 3 is 2.72 bits per heavy atom. The Hall–Kier alpha value is -1.44. The van der Waals surface area contributed by atoms with Crippen molar-refractivity contribution in [1.82, 2.24) is 19.5 Å². The van der Waals surface area contributed by atoms with Crippen LogP contribution in [0.3, 0.4) is 0 Å². The topological polar surface area (TPSA) is 93.1 Å². The van der Waals surface area contributed by atoms with Crippen LogP contribution in [-0.2, 0) is 6.54 Å². The van der Waals surface area contributed by atoms with Gasteiger partial charge in [0.1, 0.15) is 6.33 Å². The Kier molecular flexibility index (Phi) is 4.83. The molecule has 0 amide bonds. The third kappa shape index (κ3) is 2.69. The molecule has 0 bridgehead atoms. The number of hydrogen-bond acceptors (Lipinski definition) is 6. The Bertz CT molecular complexity index is 514. The molecule has 0 aromatic carbocycles. The molecule has 0 aliphatic rings. The molecule has 100 valence electrons. The smallest absolute Gasteiger partial charge is 0.165 e. The van der Waals surface area contributed by atoms with Gasteiger partial charge in [-0.15, -0.1) is 12.4 Å². The Morgan fingerprint density at radius 1 is 1.39 bits per heavy atom. The Morgan fingerprint density at radius 2 is 2.11 bits per heavy atom. The predicted octanol–water partition coefficient (Wildman–Crippen LogP) is -0.366. The lowest BCUT2D eigenvalue weighted by Gasteiger charge is -2.11. The van der Waals surface area contributed by atoms with E-state index < -0.39 is 6.10 Å². The highest BCUT2D eigenvalue weighted by Gasteiger charge is 2.12. The minimum absolute atomic E-state index is 0. The summed E-state index contributed by atoms with van der Waals surface area (Å²) in [4.78, 5) is 14.5. The molecule has 18 heavy (non-hydrogen) atoms. The van der Waals surface area contributed by atoms with Gasteiger partial charge in [-0.25, -0.2) is 15.0 Å². The maximum Gasteiger partial charge on any atom is 0.165 e. The van der Waals surface area contributed by atoms with Gasteiger partial charge in [0, 0.05) is 20.6 Å². The Balaban J connectivity index is 0.00000162. The second-order valence-corrected chi connectivity index (χ2v) is 4.05. The first-order valence-corrected chi connectivity index (χ1v) is 5.34. The number of imidazole rings is 1. The molecule has 7 nitrogen and oxygen atoms in total. The zero-order valence-corrected chi connectivity index (χ0v) is 11.1. The molecule has 1 atom stereocenters. The lowest BCUT2D eigenvalue weighted by molar-refractivity contribution is 0.163. The van der Waals surface area contributed by atoms with Crippen molar-refractivity contribution >= 4 is 29.4 Å². The van der Waals surface area contributed by atoms with Crippen LogP contribution in [0.25, 0.3) is 11.2 Å². The van der Waals surface area contributed by atoms with Crippen LogP contribution in [0.15, 0.2) is 12.7 Å². The molecule has 8 heteroatoms.